The lowest BCUT2D eigenvalue weighted by molar-refractivity contribution is -0.389. The molecule has 0 bridgehead atoms. The number of aliphatic hydroxyl groups is 7. The first-order valence-electron chi connectivity index (χ1n) is 25.2. The highest BCUT2D eigenvalue weighted by molar-refractivity contribution is 5.73. The first kappa shape index (κ1) is 53.2. The lowest BCUT2D eigenvalue weighted by Gasteiger charge is -2.67. The molecule has 25 unspecified atom stereocenters. The van der Waals surface area contributed by atoms with Gasteiger partial charge in [0.25, 0.3) is 0 Å². The molecule has 19 heteroatoms. The minimum atomic E-state index is -2.08. The number of hydrogen-bond acceptors (Lipinski definition) is 18. The molecule has 0 aromatic carbocycles. The Morgan fingerprint density at radius 2 is 1.41 bits per heavy atom. The van der Waals surface area contributed by atoms with E-state index in [1.165, 1.54) is 0 Å². The number of aliphatic hydroxyl groups excluding tert-OH is 7. The smallest absolute Gasteiger partial charge is 0.335 e. The molecule has 4 saturated heterocycles. The van der Waals surface area contributed by atoms with Crippen molar-refractivity contribution >= 4 is 18.5 Å². The van der Waals surface area contributed by atoms with Crippen molar-refractivity contribution in [2.75, 3.05) is 6.61 Å². The number of rotatable bonds is 10. The van der Waals surface area contributed by atoms with Crippen LogP contribution < -0.4 is 0 Å². The molecule has 0 aromatic heterocycles. The predicted octanol–water partition coefficient (Wildman–Crippen LogP) is 2.09. The molecule has 3 saturated carbocycles. The van der Waals surface area contributed by atoms with Crippen molar-refractivity contribution in [2.24, 2.45) is 50.7 Å². The molecular formula is C50H78O19. The third kappa shape index (κ3) is 8.91. The number of fused-ring (bicyclic) bond motifs is 6. The molecule has 4 heterocycles. The lowest BCUT2D eigenvalue weighted by atomic mass is 9.37. The van der Waals surface area contributed by atoms with Gasteiger partial charge in [0.2, 0.25) is 0 Å². The highest BCUT2D eigenvalue weighted by Gasteiger charge is 2.67. The fourth-order valence-electron chi connectivity index (χ4n) is 14.1. The Kier molecular flexibility index (Phi) is 14.9. The van der Waals surface area contributed by atoms with Gasteiger partial charge < -0.3 is 78.9 Å². The van der Waals surface area contributed by atoms with Crippen LogP contribution in [0.15, 0.2) is 12.2 Å². The van der Waals surface area contributed by atoms with Gasteiger partial charge in [-0.1, -0.05) is 67.0 Å². The van der Waals surface area contributed by atoms with Gasteiger partial charge in [-0.3, -0.25) is 0 Å². The quantitative estimate of drug-likeness (QED) is 0.0884. The third-order valence-corrected chi connectivity index (χ3v) is 19.1. The van der Waals surface area contributed by atoms with Crippen LogP contribution in [0.5, 0.6) is 0 Å². The number of ether oxygens (including phenoxy) is 6. The van der Waals surface area contributed by atoms with Gasteiger partial charge in [-0.05, 0) is 105 Å². The zero-order chi connectivity index (χ0) is 50.4. The van der Waals surface area contributed by atoms with Crippen molar-refractivity contribution in [3.63, 3.8) is 0 Å². The minimum Gasteiger partial charge on any atom is -0.479 e. The summed E-state index contributed by atoms with van der Waals surface area (Å²) in [6.45, 7) is 16.0. The first-order valence-corrected chi connectivity index (χ1v) is 25.2. The monoisotopic (exact) mass is 983 g/mol. The van der Waals surface area contributed by atoms with Crippen molar-refractivity contribution in [3.8, 4) is 0 Å². The van der Waals surface area contributed by atoms with E-state index in [2.05, 4.69) is 46.8 Å². The summed E-state index contributed by atoms with van der Waals surface area (Å²) in [5.41, 5.74) is -3.90. The fourth-order valence-corrected chi connectivity index (χ4v) is 14.1. The largest absolute Gasteiger partial charge is 0.479 e. The van der Waals surface area contributed by atoms with Gasteiger partial charge in [-0.25, -0.2) is 14.6 Å². The second kappa shape index (κ2) is 19.3. The molecule has 4 aliphatic carbocycles. The summed E-state index contributed by atoms with van der Waals surface area (Å²) in [6, 6.07) is 0. The van der Waals surface area contributed by atoms with Crippen molar-refractivity contribution in [3.05, 3.63) is 12.2 Å². The van der Waals surface area contributed by atoms with E-state index in [4.69, 9.17) is 38.2 Å². The predicted molar refractivity (Wildman–Crippen MR) is 239 cm³/mol. The minimum absolute atomic E-state index is 0.00677. The Morgan fingerprint density at radius 3 is 2.07 bits per heavy atom. The van der Waals surface area contributed by atoms with Gasteiger partial charge in [0, 0.05) is 5.41 Å². The van der Waals surface area contributed by atoms with Gasteiger partial charge >= 0.3 is 5.97 Å². The van der Waals surface area contributed by atoms with E-state index >= 15 is 0 Å². The highest BCUT2D eigenvalue weighted by Crippen LogP contribution is 2.70. The second-order valence-electron chi connectivity index (χ2n) is 23.8. The Hall–Kier alpha value is -2.05. The molecular weight excluding hydrogens is 905 g/mol. The molecule has 8 N–H and O–H groups in total. The number of allylic oxidation sites excluding steroid dienone is 2. The molecule has 0 aromatic rings. The Morgan fingerprint density at radius 1 is 0.725 bits per heavy atom. The molecule has 0 radical (unpaired) electrons. The molecule has 0 spiro atoms. The molecule has 7 fully saturated rings. The number of aldehydes is 2. The van der Waals surface area contributed by atoms with Crippen molar-refractivity contribution in [1.29, 1.82) is 0 Å². The van der Waals surface area contributed by atoms with E-state index < -0.39 is 133 Å². The summed E-state index contributed by atoms with van der Waals surface area (Å²) in [5.74, 6) is -1.62. The number of hydrogen-bond donors (Lipinski definition) is 8. The van der Waals surface area contributed by atoms with Crippen LogP contribution in [0.25, 0.3) is 0 Å². The van der Waals surface area contributed by atoms with Crippen molar-refractivity contribution < 1.29 is 93.4 Å². The molecule has 4 aliphatic heterocycles. The average Bonchev–Trinajstić information content (AvgIpc) is 3.64. The standard InChI is InChI=1S/C50H78O19/c1-9-49(8)40-37(68-69-49)32(56)34(58)43(67-40)66-39-36(64-42-33(57)31(55)28(53)21-62-42)35(59)38(41(60)61)65-44(39)63-30-14-11-24(2)25-12-13-26-27-19-45(3,4)17-18-50(27,23-52)29(54)20-48(26,7)47(25,6)16-10-15-46(30,5)22-51/h12-13,22-40,42-44,53-59H,9-11,14-21H2,1-8H3,(H,60,61). The molecule has 8 rings (SSSR count). The van der Waals surface area contributed by atoms with Crippen LogP contribution in [-0.4, -0.2) is 170 Å². The summed E-state index contributed by atoms with van der Waals surface area (Å²) in [4.78, 5) is 50.5. The lowest BCUT2D eigenvalue weighted by Crippen LogP contribution is -2.67. The van der Waals surface area contributed by atoms with Crippen LogP contribution in [0.4, 0.5) is 0 Å². The SMILES string of the molecule is CCC1(C)OOC2C(O)C(O)C(OC3C(OC4CCC(C)C5C=CC6C7CC(C)(C)CCC7(C=O)C(O)CC6(C)C5(C)CCCC4(C)C=O)OC(C(=O)O)C(O)C3OC3OCC(O)C(O)C3O)OC21. The van der Waals surface area contributed by atoms with E-state index in [9.17, 15) is 55.2 Å². The number of carbonyl (C=O) groups is 3. The van der Waals surface area contributed by atoms with Crippen LogP contribution in [0.2, 0.25) is 0 Å². The summed E-state index contributed by atoms with van der Waals surface area (Å²) >= 11 is 0. The molecule has 19 nitrogen and oxygen atoms in total. The topological polar surface area (TPSA) is 287 Å². The van der Waals surface area contributed by atoms with Crippen LogP contribution in [-0.2, 0) is 52.6 Å². The van der Waals surface area contributed by atoms with Crippen molar-refractivity contribution in [1.82, 2.24) is 0 Å². The number of carbonyl (C=O) groups excluding carboxylic acids is 2. The zero-order valence-electron chi connectivity index (χ0n) is 41.2. The van der Waals surface area contributed by atoms with Crippen LogP contribution >= 0.6 is 0 Å². The molecule has 8 aliphatic rings. The van der Waals surface area contributed by atoms with E-state index in [-0.39, 0.29) is 40.9 Å². The van der Waals surface area contributed by atoms with Crippen LogP contribution in [0, 0.1) is 50.7 Å². The summed E-state index contributed by atoms with van der Waals surface area (Å²) in [6.07, 6.45) is -13.6. The maximum Gasteiger partial charge on any atom is 0.335 e. The Labute approximate surface area is 404 Å². The van der Waals surface area contributed by atoms with Crippen LogP contribution in [0.1, 0.15) is 120 Å². The molecule has 0 amide bonds. The maximum absolute atomic E-state index is 13.6. The summed E-state index contributed by atoms with van der Waals surface area (Å²) < 4.78 is 37.2. The molecule has 392 valence electrons. The average molecular weight is 983 g/mol. The van der Waals surface area contributed by atoms with Gasteiger partial charge in [0.05, 0.1) is 24.2 Å². The normalized spacial score (nSPS) is 54.2. The molecule has 69 heavy (non-hydrogen) atoms. The number of aliphatic carboxylic acids is 1. The third-order valence-electron chi connectivity index (χ3n) is 19.1. The highest BCUT2D eigenvalue weighted by atomic mass is 17.2. The number of carboxylic acid groups (broad SMARTS) is 1. The van der Waals surface area contributed by atoms with Crippen LogP contribution in [0.3, 0.4) is 0 Å². The van der Waals surface area contributed by atoms with Gasteiger partial charge in [-0.2, -0.15) is 0 Å². The van der Waals surface area contributed by atoms with Crippen molar-refractivity contribution in [2.45, 2.75) is 223 Å². The first-order chi connectivity index (χ1) is 32.3. The van der Waals surface area contributed by atoms with Gasteiger partial charge in [0.15, 0.2) is 31.1 Å². The van der Waals surface area contributed by atoms with E-state index in [0.29, 0.717) is 44.9 Å². The summed E-state index contributed by atoms with van der Waals surface area (Å²) in [5, 5.41) is 88.8. The zero-order valence-corrected chi connectivity index (χ0v) is 41.2. The van der Waals surface area contributed by atoms with E-state index in [0.717, 1.165) is 25.4 Å². The Balaban J connectivity index is 1.12. The van der Waals surface area contributed by atoms with E-state index in [1.807, 2.05) is 0 Å². The summed E-state index contributed by atoms with van der Waals surface area (Å²) in [7, 11) is 0. The fraction of sp³-hybridized carbons (Fsp3) is 0.900. The Bertz CT molecular complexity index is 1900. The van der Waals surface area contributed by atoms with Gasteiger partial charge in [0.1, 0.15) is 73.1 Å². The maximum atomic E-state index is 13.6. The van der Waals surface area contributed by atoms with E-state index in [1.54, 1.807) is 20.8 Å². The molecule has 25 atom stereocenters. The second-order valence-corrected chi connectivity index (χ2v) is 23.8. The van der Waals surface area contributed by atoms with Gasteiger partial charge in [-0.15, -0.1) is 0 Å². The number of carboxylic acids is 1.